The van der Waals surface area contributed by atoms with Crippen LogP contribution < -0.4 is 5.32 Å². The van der Waals surface area contributed by atoms with Gasteiger partial charge in [-0.1, -0.05) is 0 Å². The molecule has 0 aromatic carbocycles. The fourth-order valence-corrected chi connectivity index (χ4v) is 2.33. The third kappa shape index (κ3) is 5.57. The van der Waals surface area contributed by atoms with Gasteiger partial charge in [0, 0.05) is 33.1 Å². The van der Waals surface area contributed by atoms with Crippen LogP contribution >= 0.6 is 0 Å². The molecular weight excluding hydrogens is 246 g/mol. The summed E-state index contributed by atoms with van der Waals surface area (Å²) in [5.41, 5.74) is 0. The van der Waals surface area contributed by atoms with Crippen LogP contribution in [0.2, 0.25) is 0 Å². The van der Waals surface area contributed by atoms with Crippen LogP contribution in [-0.4, -0.2) is 73.1 Å². The molecule has 0 unspecified atom stereocenters. The molecule has 110 valence electrons. The first-order valence-corrected chi connectivity index (χ1v) is 6.76. The van der Waals surface area contributed by atoms with Crippen molar-refractivity contribution < 1.29 is 14.7 Å². The molecule has 0 aliphatic carbocycles. The average Bonchev–Trinajstić information content (AvgIpc) is 2.35. The molecule has 2 amide bonds. The van der Waals surface area contributed by atoms with Crippen LogP contribution in [0.15, 0.2) is 0 Å². The molecule has 2 N–H and O–H groups in total. The highest BCUT2D eigenvalue weighted by Crippen LogP contribution is 2.16. The fourth-order valence-electron chi connectivity index (χ4n) is 2.33. The quantitative estimate of drug-likeness (QED) is 0.692. The van der Waals surface area contributed by atoms with Crippen molar-refractivity contribution in [1.82, 2.24) is 15.1 Å². The number of carbonyl (C=O) groups is 2. The van der Waals surface area contributed by atoms with Gasteiger partial charge in [-0.05, 0) is 26.9 Å². The molecular formula is C13H25N3O3. The van der Waals surface area contributed by atoms with Gasteiger partial charge in [-0.25, -0.2) is 0 Å². The molecule has 1 aliphatic heterocycles. The molecule has 0 radical (unpaired) electrons. The SMILES string of the molecule is CC(=O)N1CCC[C@H](C(=O)NC[C@H](O)CN(C)C)C1. The predicted molar refractivity (Wildman–Crippen MR) is 72.5 cm³/mol. The van der Waals surface area contributed by atoms with Gasteiger partial charge < -0.3 is 20.2 Å². The number of carbonyl (C=O) groups excluding carboxylic acids is 2. The van der Waals surface area contributed by atoms with E-state index in [4.69, 9.17) is 0 Å². The smallest absolute Gasteiger partial charge is 0.224 e. The third-order valence-corrected chi connectivity index (χ3v) is 3.33. The molecule has 0 aromatic heterocycles. The lowest BCUT2D eigenvalue weighted by Gasteiger charge is -2.31. The van der Waals surface area contributed by atoms with Gasteiger partial charge >= 0.3 is 0 Å². The van der Waals surface area contributed by atoms with Gasteiger partial charge in [0.25, 0.3) is 0 Å². The molecule has 0 aromatic rings. The Morgan fingerprint density at radius 2 is 2.16 bits per heavy atom. The first kappa shape index (κ1) is 15.9. The number of likely N-dealkylation sites (tertiary alicyclic amines) is 1. The summed E-state index contributed by atoms with van der Waals surface area (Å²) in [5.74, 6) is -0.196. The van der Waals surface area contributed by atoms with E-state index in [0.717, 1.165) is 19.4 Å². The molecule has 0 bridgehead atoms. The van der Waals surface area contributed by atoms with Gasteiger partial charge in [-0.2, -0.15) is 0 Å². The average molecular weight is 271 g/mol. The normalized spacial score (nSPS) is 21.3. The summed E-state index contributed by atoms with van der Waals surface area (Å²) in [6.45, 7) is 3.53. The lowest BCUT2D eigenvalue weighted by molar-refractivity contribution is -0.134. The van der Waals surface area contributed by atoms with E-state index in [1.165, 1.54) is 6.92 Å². The highest BCUT2D eigenvalue weighted by Gasteiger charge is 2.27. The first-order valence-electron chi connectivity index (χ1n) is 6.76. The summed E-state index contributed by atoms with van der Waals surface area (Å²) >= 11 is 0. The molecule has 1 heterocycles. The minimum atomic E-state index is -0.563. The Labute approximate surface area is 114 Å². The largest absolute Gasteiger partial charge is 0.390 e. The van der Waals surface area contributed by atoms with Crippen molar-refractivity contribution >= 4 is 11.8 Å². The summed E-state index contributed by atoms with van der Waals surface area (Å²) in [7, 11) is 3.74. The van der Waals surface area contributed by atoms with E-state index in [1.807, 2.05) is 19.0 Å². The number of aliphatic hydroxyl groups excluding tert-OH is 1. The summed E-state index contributed by atoms with van der Waals surface area (Å²) in [6, 6.07) is 0. The Bertz CT molecular complexity index is 320. The Morgan fingerprint density at radius 3 is 2.74 bits per heavy atom. The number of rotatable bonds is 5. The van der Waals surface area contributed by atoms with Crippen molar-refractivity contribution in [2.45, 2.75) is 25.9 Å². The second-order valence-corrected chi connectivity index (χ2v) is 5.47. The molecule has 1 fully saturated rings. The maximum absolute atomic E-state index is 12.0. The molecule has 0 saturated carbocycles. The number of nitrogens with one attached hydrogen (secondary N) is 1. The van der Waals surface area contributed by atoms with E-state index in [1.54, 1.807) is 4.90 Å². The third-order valence-electron chi connectivity index (χ3n) is 3.33. The number of likely N-dealkylation sites (N-methyl/N-ethyl adjacent to an activating group) is 1. The molecule has 6 heteroatoms. The predicted octanol–water partition coefficient (Wildman–Crippen LogP) is -0.716. The van der Waals surface area contributed by atoms with Gasteiger partial charge in [0.1, 0.15) is 0 Å². The Morgan fingerprint density at radius 1 is 1.47 bits per heavy atom. The highest BCUT2D eigenvalue weighted by atomic mass is 16.3. The van der Waals surface area contributed by atoms with E-state index >= 15 is 0 Å². The summed E-state index contributed by atoms with van der Waals surface area (Å²) in [5, 5.41) is 12.4. The number of nitrogens with zero attached hydrogens (tertiary/aromatic N) is 2. The highest BCUT2D eigenvalue weighted by molar-refractivity contribution is 5.80. The lowest BCUT2D eigenvalue weighted by atomic mass is 9.97. The Hall–Kier alpha value is -1.14. The van der Waals surface area contributed by atoms with E-state index in [9.17, 15) is 14.7 Å². The number of piperidine rings is 1. The van der Waals surface area contributed by atoms with Gasteiger partial charge in [0.05, 0.1) is 12.0 Å². The first-order chi connectivity index (χ1) is 8.90. The van der Waals surface area contributed by atoms with E-state index in [0.29, 0.717) is 13.1 Å². The monoisotopic (exact) mass is 271 g/mol. The maximum Gasteiger partial charge on any atom is 0.224 e. The van der Waals surface area contributed by atoms with Crippen LogP contribution in [0.3, 0.4) is 0 Å². The number of hydrogen-bond donors (Lipinski definition) is 2. The molecule has 19 heavy (non-hydrogen) atoms. The van der Waals surface area contributed by atoms with Crippen molar-refractivity contribution in [1.29, 1.82) is 0 Å². The van der Waals surface area contributed by atoms with Crippen molar-refractivity contribution in [3.8, 4) is 0 Å². The molecule has 1 saturated heterocycles. The summed E-state index contributed by atoms with van der Waals surface area (Å²) in [4.78, 5) is 26.9. The van der Waals surface area contributed by atoms with E-state index < -0.39 is 6.10 Å². The molecule has 6 nitrogen and oxygen atoms in total. The topological polar surface area (TPSA) is 72.9 Å². The zero-order valence-corrected chi connectivity index (χ0v) is 12.1. The van der Waals surface area contributed by atoms with E-state index in [-0.39, 0.29) is 24.3 Å². The minimum Gasteiger partial charge on any atom is -0.390 e. The number of aliphatic hydroxyl groups is 1. The minimum absolute atomic E-state index is 0.0187. The lowest BCUT2D eigenvalue weighted by Crippen LogP contribution is -2.46. The second-order valence-electron chi connectivity index (χ2n) is 5.47. The summed E-state index contributed by atoms with van der Waals surface area (Å²) < 4.78 is 0. The van der Waals surface area contributed by atoms with Gasteiger partial charge in [-0.3, -0.25) is 9.59 Å². The Balaban J connectivity index is 2.34. The number of hydrogen-bond acceptors (Lipinski definition) is 4. The van der Waals surface area contributed by atoms with Crippen LogP contribution in [0.4, 0.5) is 0 Å². The van der Waals surface area contributed by atoms with Gasteiger partial charge in [0.2, 0.25) is 11.8 Å². The van der Waals surface area contributed by atoms with Crippen molar-refractivity contribution in [2.24, 2.45) is 5.92 Å². The molecule has 1 aliphatic rings. The van der Waals surface area contributed by atoms with Crippen molar-refractivity contribution in [3.05, 3.63) is 0 Å². The van der Waals surface area contributed by atoms with Gasteiger partial charge in [-0.15, -0.1) is 0 Å². The Kier molecular flexibility index (Phi) is 6.24. The zero-order chi connectivity index (χ0) is 14.4. The second kappa shape index (κ2) is 7.45. The van der Waals surface area contributed by atoms with Crippen molar-refractivity contribution in [3.63, 3.8) is 0 Å². The molecule has 2 atom stereocenters. The van der Waals surface area contributed by atoms with Crippen LogP contribution in [0, 0.1) is 5.92 Å². The van der Waals surface area contributed by atoms with Crippen LogP contribution in [0.1, 0.15) is 19.8 Å². The molecule has 1 rings (SSSR count). The maximum atomic E-state index is 12.0. The van der Waals surface area contributed by atoms with E-state index in [2.05, 4.69) is 5.32 Å². The van der Waals surface area contributed by atoms with Gasteiger partial charge in [0.15, 0.2) is 0 Å². The standard InChI is InChI=1S/C13H25N3O3/c1-10(17)16-6-4-5-11(8-16)13(19)14-7-12(18)9-15(2)3/h11-12,18H,4-9H2,1-3H3,(H,14,19)/t11-,12-/m0/s1. The van der Waals surface area contributed by atoms with Crippen molar-refractivity contribution in [2.75, 3.05) is 40.3 Å². The van der Waals surface area contributed by atoms with Crippen LogP contribution in [0.25, 0.3) is 0 Å². The fraction of sp³-hybridized carbons (Fsp3) is 0.846. The number of amides is 2. The zero-order valence-electron chi connectivity index (χ0n) is 12.1. The summed E-state index contributed by atoms with van der Waals surface area (Å²) in [6.07, 6.45) is 1.10. The van der Waals surface area contributed by atoms with Crippen LogP contribution in [-0.2, 0) is 9.59 Å². The molecule has 0 spiro atoms. The van der Waals surface area contributed by atoms with Crippen LogP contribution in [0.5, 0.6) is 0 Å².